The van der Waals surface area contributed by atoms with Crippen molar-refractivity contribution in [1.82, 2.24) is 39.9 Å². The summed E-state index contributed by atoms with van der Waals surface area (Å²) in [6.45, 7) is 15.5. The summed E-state index contributed by atoms with van der Waals surface area (Å²) in [5.74, 6) is -0.435. The van der Waals surface area contributed by atoms with E-state index in [4.69, 9.17) is 33.9 Å². The predicted octanol–water partition coefficient (Wildman–Crippen LogP) is 8.44. The number of fused-ring (bicyclic) bond motifs is 5. The van der Waals surface area contributed by atoms with E-state index in [0.29, 0.717) is 80.1 Å². The van der Waals surface area contributed by atoms with E-state index in [1.165, 1.54) is 0 Å². The normalized spacial score (nSPS) is 23.9. The average Bonchev–Trinajstić information content (AvgIpc) is 3.97. The van der Waals surface area contributed by atoms with Crippen LogP contribution in [0.3, 0.4) is 0 Å². The number of nitrogens with zero attached hydrogens (tertiary/aromatic N) is 9. The minimum absolute atomic E-state index is 0.0114. The maximum atomic E-state index is 17.7. The molecule has 8 aliphatic rings. The predicted molar refractivity (Wildman–Crippen MR) is 309 cm³/mol. The molecule has 1 N–H and O–H groups in total. The topological polar surface area (TPSA) is 175 Å². The van der Waals surface area contributed by atoms with Crippen molar-refractivity contribution in [3.05, 3.63) is 77.2 Å². The number of imide groups is 1. The Hall–Kier alpha value is -6.77. The van der Waals surface area contributed by atoms with Crippen molar-refractivity contribution in [3.8, 4) is 23.0 Å². The average molecular weight is 1140 g/mol. The second-order valence-corrected chi connectivity index (χ2v) is 26.2. The number of anilines is 2. The molecule has 7 fully saturated rings. The molecule has 13 rings (SSSR count). The molecular formula is C63H76F2N10O8. The number of methoxy groups -OCH3 is 1. The van der Waals surface area contributed by atoms with Crippen molar-refractivity contribution in [2.75, 3.05) is 95.8 Å². The Bertz CT molecular complexity index is 3370. The molecule has 5 saturated heterocycles. The van der Waals surface area contributed by atoms with Gasteiger partial charge in [-0.1, -0.05) is 25.1 Å². The Morgan fingerprint density at radius 1 is 0.843 bits per heavy atom. The molecule has 8 heterocycles. The van der Waals surface area contributed by atoms with Gasteiger partial charge in [0.15, 0.2) is 12.6 Å². The van der Waals surface area contributed by atoms with Crippen molar-refractivity contribution < 1.29 is 46.9 Å². The second kappa shape index (κ2) is 21.4. The molecule has 3 aromatic carbocycles. The van der Waals surface area contributed by atoms with Crippen LogP contribution in [-0.2, 0) is 32.0 Å². The number of carbonyl (C=O) groups excluding carboxylic acids is 4. The van der Waals surface area contributed by atoms with E-state index in [2.05, 4.69) is 37.9 Å². The molecule has 5 aromatic rings. The third-order valence-corrected chi connectivity index (χ3v) is 19.1. The molecular weight excluding hydrogens is 1060 g/mol. The fourth-order valence-corrected chi connectivity index (χ4v) is 14.9. The van der Waals surface area contributed by atoms with Crippen LogP contribution in [0.4, 0.5) is 25.1 Å². The monoisotopic (exact) mass is 1140 g/mol. The summed E-state index contributed by atoms with van der Waals surface area (Å²) in [5.41, 5.74) is 2.44. The van der Waals surface area contributed by atoms with Crippen LogP contribution in [0.2, 0.25) is 0 Å². The number of pyridine rings is 1. The largest absolute Gasteiger partial charge is 0.468 e. The number of amides is 4. The van der Waals surface area contributed by atoms with Gasteiger partial charge in [0, 0.05) is 101 Å². The number of ether oxygens (including phenoxy) is 4. The van der Waals surface area contributed by atoms with Crippen LogP contribution in [0.1, 0.15) is 113 Å². The molecule has 4 amide bonds. The van der Waals surface area contributed by atoms with Crippen LogP contribution in [0.25, 0.3) is 32.9 Å². The van der Waals surface area contributed by atoms with E-state index >= 15 is 8.78 Å². The van der Waals surface area contributed by atoms with Crippen LogP contribution in [0.15, 0.2) is 54.7 Å². The molecule has 20 heteroatoms. The molecule has 2 unspecified atom stereocenters. The zero-order valence-electron chi connectivity index (χ0n) is 48.4. The number of benzene rings is 3. The van der Waals surface area contributed by atoms with Gasteiger partial charge in [-0.3, -0.25) is 34.5 Å². The number of aryl methyl sites for hydroxylation is 1. The highest BCUT2D eigenvalue weighted by molar-refractivity contribution is 6.06. The lowest BCUT2D eigenvalue weighted by Crippen LogP contribution is -2.60. The van der Waals surface area contributed by atoms with E-state index < -0.39 is 29.0 Å². The van der Waals surface area contributed by atoms with Crippen LogP contribution in [0, 0.1) is 16.6 Å². The summed E-state index contributed by atoms with van der Waals surface area (Å²) < 4.78 is 58.1. The molecule has 6 aliphatic heterocycles. The van der Waals surface area contributed by atoms with Gasteiger partial charge in [0.25, 0.3) is 5.91 Å². The number of nitrogens with one attached hydrogen (secondary N) is 1. The lowest BCUT2D eigenvalue weighted by atomic mass is 9.55. The van der Waals surface area contributed by atoms with Gasteiger partial charge < -0.3 is 38.5 Å². The number of likely N-dealkylation sites (tertiary alicyclic amines) is 1. The third-order valence-electron chi connectivity index (χ3n) is 19.1. The summed E-state index contributed by atoms with van der Waals surface area (Å²) in [6.07, 6.45) is 9.30. The fraction of sp³-hybridized carbons (Fsp3) is 0.571. The molecule has 2 bridgehead atoms. The first kappa shape index (κ1) is 55.4. The molecule has 2 aliphatic carbocycles. The Labute approximate surface area is 483 Å². The van der Waals surface area contributed by atoms with E-state index in [0.717, 1.165) is 118 Å². The van der Waals surface area contributed by atoms with Crippen molar-refractivity contribution in [2.24, 2.45) is 10.8 Å². The van der Waals surface area contributed by atoms with Crippen molar-refractivity contribution >= 4 is 57.0 Å². The first-order valence-corrected chi connectivity index (χ1v) is 30.0. The Kier molecular flexibility index (Phi) is 14.3. The molecule has 83 heavy (non-hydrogen) atoms. The second-order valence-electron chi connectivity index (χ2n) is 26.2. The standard InChI is InChI=1S/C63H76F2N10O8/c1-6-39-8-7-9-40-27-45(82-38-80-5)28-47(51(39)40)53-52(64)54-48(29-66-53)55(73-31-43-10-11-44(32-73)75(43)59(79)83-60(2,3)4)69-58(68-54)81-37-62(16-17-62)35-70-20-18-61(19-21-70)33-63(65,34-61)36-71-22-24-72(25-23-71)42-12-13-46-41(26-42)30-74(57(46)78)49-14-15-50(76)67-56(49)77/h7-9,12-13,26-29,43-44,49H,6,10-11,14-25,30-38H2,1-5H3,(H,67,76,77)/t43?,44?,49-/m0/s1. The number of rotatable bonds is 15. The zero-order valence-corrected chi connectivity index (χ0v) is 48.4. The van der Waals surface area contributed by atoms with Gasteiger partial charge in [-0.15, -0.1) is 0 Å². The maximum absolute atomic E-state index is 17.7. The quantitative estimate of drug-likeness (QED) is 0.0781. The van der Waals surface area contributed by atoms with Gasteiger partial charge in [-0.25, -0.2) is 13.6 Å². The summed E-state index contributed by atoms with van der Waals surface area (Å²) >= 11 is 0. The molecule has 1 spiro atoms. The highest BCUT2D eigenvalue weighted by Gasteiger charge is 2.57. The number of aromatic nitrogens is 3. The van der Waals surface area contributed by atoms with Crippen LogP contribution < -0.4 is 24.6 Å². The smallest absolute Gasteiger partial charge is 0.410 e. The highest BCUT2D eigenvalue weighted by atomic mass is 19.1. The molecule has 440 valence electrons. The van der Waals surface area contributed by atoms with Crippen LogP contribution in [0.5, 0.6) is 11.8 Å². The van der Waals surface area contributed by atoms with Gasteiger partial charge in [0.2, 0.25) is 11.8 Å². The first-order valence-electron chi connectivity index (χ1n) is 30.0. The summed E-state index contributed by atoms with van der Waals surface area (Å²) in [4.78, 5) is 78.6. The van der Waals surface area contributed by atoms with Gasteiger partial charge in [-0.05, 0) is 156 Å². The molecule has 2 aromatic heterocycles. The lowest BCUT2D eigenvalue weighted by molar-refractivity contribution is -0.136. The van der Waals surface area contributed by atoms with Crippen molar-refractivity contribution in [3.63, 3.8) is 0 Å². The van der Waals surface area contributed by atoms with Gasteiger partial charge in [0.1, 0.15) is 40.1 Å². The van der Waals surface area contributed by atoms with E-state index in [1.54, 1.807) is 18.2 Å². The van der Waals surface area contributed by atoms with Crippen LogP contribution >= 0.6 is 0 Å². The lowest BCUT2D eigenvalue weighted by Gasteiger charge is -2.57. The maximum Gasteiger partial charge on any atom is 0.410 e. The molecule has 2 saturated carbocycles. The van der Waals surface area contributed by atoms with Crippen LogP contribution in [-0.4, -0.2) is 174 Å². The fourth-order valence-electron chi connectivity index (χ4n) is 14.9. The van der Waals surface area contributed by atoms with Gasteiger partial charge in [-0.2, -0.15) is 9.97 Å². The minimum Gasteiger partial charge on any atom is -0.468 e. The summed E-state index contributed by atoms with van der Waals surface area (Å²) in [5, 5.41) is 4.61. The highest BCUT2D eigenvalue weighted by Crippen LogP contribution is 2.58. The molecule has 3 atom stereocenters. The zero-order chi connectivity index (χ0) is 57.6. The number of piperidine rings is 2. The Balaban J connectivity index is 0.659. The third kappa shape index (κ3) is 10.8. The van der Waals surface area contributed by atoms with Gasteiger partial charge in [0.05, 0.1) is 24.1 Å². The molecule has 0 radical (unpaired) electrons. The Morgan fingerprint density at radius 2 is 1.59 bits per heavy atom. The SMILES string of the molecule is CCc1cccc2cc(OCOC)cc(-c3ncc4c(N5CC6CCC(C5)N6C(=O)OC(C)(C)C)nc(OCC5(CN6CCC7(CC6)CC(F)(CN6CCN(c8ccc9c(c8)CN([C@H]8CCC(=O)NC8=O)C9=O)CC6)C7)CC5)nc4c3F)c12. The Morgan fingerprint density at radius 3 is 2.29 bits per heavy atom. The number of carbonyl (C=O) groups is 4. The van der Waals surface area contributed by atoms with Crippen molar-refractivity contribution in [2.45, 2.75) is 134 Å². The summed E-state index contributed by atoms with van der Waals surface area (Å²) in [7, 11) is 1.56. The number of hydrogen-bond acceptors (Lipinski definition) is 15. The summed E-state index contributed by atoms with van der Waals surface area (Å²) in [6, 6.07) is 14.9. The van der Waals surface area contributed by atoms with E-state index in [1.807, 2.05) is 68.1 Å². The number of piperazine rings is 2. The minimum atomic E-state index is -1.21. The van der Waals surface area contributed by atoms with E-state index in [9.17, 15) is 19.2 Å². The van der Waals surface area contributed by atoms with Gasteiger partial charge >= 0.3 is 12.1 Å². The number of halogens is 2. The number of alkyl halides is 1. The van der Waals surface area contributed by atoms with E-state index in [-0.39, 0.29) is 71.3 Å². The first-order chi connectivity index (χ1) is 39.9. The number of hydrogen-bond donors (Lipinski definition) is 1. The van der Waals surface area contributed by atoms with Crippen molar-refractivity contribution in [1.29, 1.82) is 0 Å². The molecule has 18 nitrogen and oxygen atoms in total.